The summed E-state index contributed by atoms with van der Waals surface area (Å²) in [5.41, 5.74) is 1.40. The minimum atomic E-state index is -0.370. The molecule has 0 unspecified atom stereocenters. The number of amides is 1. The molecule has 0 spiro atoms. The van der Waals surface area contributed by atoms with Crippen LogP contribution < -0.4 is 20.4 Å². The van der Waals surface area contributed by atoms with Gasteiger partial charge in [-0.3, -0.25) is 19.2 Å². The molecule has 5 rings (SSSR count). The molecule has 0 radical (unpaired) electrons. The number of pyridine rings is 1. The molecule has 2 aliphatic rings. The van der Waals surface area contributed by atoms with Crippen molar-refractivity contribution in [3.63, 3.8) is 0 Å². The minimum Gasteiger partial charge on any atom is -0.491 e. The first-order valence-corrected chi connectivity index (χ1v) is 11.5. The Bertz CT molecular complexity index is 1240. The van der Waals surface area contributed by atoms with Crippen LogP contribution >= 0.6 is 0 Å². The summed E-state index contributed by atoms with van der Waals surface area (Å²) >= 11 is 0. The standard InChI is InChI=1S/C24H28N6O4/c1-32-21-19(34-14-2-10-29-12-15-33-16-13-29)4-3-18-20(21)27-24(30-11-9-26-22(18)30)28-23(31)17-5-7-25-8-6-17/h3-8,26H,2,9-16H2,1H3. The van der Waals surface area contributed by atoms with Crippen LogP contribution in [0.3, 0.4) is 0 Å². The van der Waals surface area contributed by atoms with Gasteiger partial charge in [0.25, 0.3) is 5.91 Å². The lowest BCUT2D eigenvalue weighted by Gasteiger charge is -2.26. The van der Waals surface area contributed by atoms with Crippen LogP contribution in [0.15, 0.2) is 41.7 Å². The lowest BCUT2D eigenvalue weighted by molar-refractivity contribution is 0.0357. The molecule has 1 aromatic carbocycles. The third kappa shape index (κ3) is 4.59. The van der Waals surface area contributed by atoms with Crippen LogP contribution in [0.25, 0.3) is 10.9 Å². The van der Waals surface area contributed by atoms with Crippen molar-refractivity contribution in [3.8, 4) is 11.5 Å². The van der Waals surface area contributed by atoms with Gasteiger partial charge in [-0.25, -0.2) is 4.98 Å². The molecule has 0 aliphatic carbocycles. The van der Waals surface area contributed by atoms with Gasteiger partial charge < -0.3 is 19.5 Å². The number of nitrogens with zero attached hydrogens (tertiary/aromatic N) is 5. The number of anilines is 1. The number of rotatable bonds is 7. The van der Waals surface area contributed by atoms with Gasteiger partial charge in [0, 0.05) is 56.1 Å². The summed E-state index contributed by atoms with van der Waals surface area (Å²) in [6.45, 7) is 6.43. The molecule has 1 N–H and O–H groups in total. The highest BCUT2D eigenvalue weighted by atomic mass is 16.5. The lowest BCUT2D eigenvalue weighted by atomic mass is 10.2. The zero-order chi connectivity index (χ0) is 23.3. The van der Waals surface area contributed by atoms with Crippen LogP contribution in [0.5, 0.6) is 11.5 Å². The van der Waals surface area contributed by atoms with Gasteiger partial charge in [-0.15, -0.1) is 0 Å². The third-order valence-corrected chi connectivity index (χ3v) is 6.01. The molecular weight excluding hydrogens is 436 g/mol. The maximum absolute atomic E-state index is 12.7. The first-order chi connectivity index (χ1) is 16.7. The Morgan fingerprint density at radius 3 is 2.79 bits per heavy atom. The maximum atomic E-state index is 12.7. The summed E-state index contributed by atoms with van der Waals surface area (Å²) in [5.74, 6) is 1.65. The normalized spacial score (nSPS) is 16.3. The van der Waals surface area contributed by atoms with Crippen LogP contribution in [-0.4, -0.2) is 78.5 Å². The third-order valence-electron chi connectivity index (χ3n) is 6.01. The van der Waals surface area contributed by atoms with E-state index in [1.165, 1.54) is 0 Å². The molecule has 0 atom stereocenters. The van der Waals surface area contributed by atoms with E-state index in [1.807, 2.05) is 16.7 Å². The van der Waals surface area contributed by atoms with E-state index in [4.69, 9.17) is 19.2 Å². The van der Waals surface area contributed by atoms with Crippen molar-refractivity contribution in [1.82, 2.24) is 19.4 Å². The molecule has 2 aromatic heterocycles. The monoisotopic (exact) mass is 464 g/mol. The number of hydrogen-bond acceptors (Lipinski definition) is 8. The fraction of sp³-hybridized carbons (Fsp3) is 0.417. The van der Waals surface area contributed by atoms with Crippen LogP contribution in [0.4, 0.5) is 5.82 Å². The number of nitrogens with one attached hydrogen (secondary N) is 1. The summed E-state index contributed by atoms with van der Waals surface area (Å²) in [5, 5.41) is 4.28. The predicted molar refractivity (Wildman–Crippen MR) is 126 cm³/mol. The SMILES string of the molecule is COc1c(OCCCN2CCOCC2)ccc2c3n(c(=NC(=O)c4ccncc4)nc12)CCN3. The number of aromatic nitrogens is 3. The van der Waals surface area contributed by atoms with Gasteiger partial charge in [-0.05, 0) is 30.7 Å². The molecule has 0 saturated carbocycles. The number of morpholine rings is 1. The van der Waals surface area contributed by atoms with Gasteiger partial charge in [0.05, 0.1) is 26.9 Å². The zero-order valence-corrected chi connectivity index (χ0v) is 19.2. The van der Waals surface area contributed by atoms with E-state index in [9.17, 15) is 4.79 Å². The fourth-order valence-electron chi connectivity index (χ4n) is 4.29. The van der Waals surface area contributed by atoms with Crippen molar-refractivity contribution < 1.29 is 19.0 Å². The average molecular weight is 465 g/mol. The molecule has 3 aromatic rings. The molecule has 4 heterocycles. The highest BCUT2D eigenvalue weighted by Crippen LogP contribution is 2.37. The first-order valence-electron chi connectivity index (χ1n) is 11.5. The Balaban J connectivity index is 1.44. The van der Waals surface area contributed by atoms with E-state index in [-0.39, 0.29) is 5.91 Å². The Morgan fingerprint density at radius 1 is 1.18 bits per heavy atom. The van der Waals surface area contributed by atoms with E-state index in [0.29, 0.717) is 41.3 Å². The van der Waals surface area contributed by atoms with Crippen molar-refractivity contribution in [1.29, 1.82) is 0 Å². The van der Waals surface area contributed by atoms with E-state index < -0.39 is 0 Å². The Morgan fingerprint density at radius 2 is 2.00 bits per heavy atom. The molecule has 0 bridgehead atoms. The second-order valence-corrected chi connectivity index (χ2v) is 8.14. The minimum absolute atomic E-state index is 0.331. The van der Waals surface area contributed by atoms with E-state index in [1.54, 1.807) is 31.6 Å². The van der Waals surface area contributed by atoms with Gasteiger partial charge in [0.1, 0.15) is 11.3 Å². The van der Waals surface area contributed by atoms with Crippen LogP contribution in [0.1, 0.15) is 16.8 Å². The second-order valence-electron chi connectivity index (χ2n) is 8.14. The van der Waals surface area contributed by atoms with Crippen LogP contribution in [0.2, 0.25) is 0 Å². The van der Waals surface area contributed by atoms with Gasteiger partial charge in [-0.2, -0.15) is 4.99 Å². The highest BCUT2D eigenvalue weighted by Gasteiger charge is 2.21. The maximum Gasteiger partial charge on any atom is 0.280 e. The molecule has 2 aliphatic heterocycles. The van der Waals surface area contributed by atoms with Crippen molar-refractivity contribution in [2.75, 3.05) is 58.4 Å². The van der Waals surface area contributed by atoms with Gasteiger partial charge in [-0.1, -0.05) is 0 Å². The molecular formula is C24H28N6O4. The van der Waals surface area contributed by atoms with E-state index in [0.717, 1.165) is 57.0 Å². The van der Waals surface area contributed by atoms with Crippen LogP contribution in [0, 0.1) is 0 Å². The fourth-order valence-corrected chi connectivity index (χ4v) is 4.29. The van der Waals surface area contributed by atoms with E-state index >= 15 is 0 Å². The molecule has 178 valence electrons. The summed E-state index contributed by atoms with van der Waals surface area (Å²) in [4.78, 5) is 28.1. The number of methoxy groups -OCH3 is 1. The quantitative estimate of drug-likeness (QED) is 0.527. The Labute approximate surface area is 197 Å². The van der Waals surface area contributed by atoms with Crippen molar-refractivity contribution in [3.05, 3.63) is 47.8 Å². The number of carbonyl (C=O) groups excluding carboxylic acids is 1. The number of fused-ring (bicyclic) bond motifs is 3. The number of carbonyl (C=O) groups is 1. The van der Waals surface area contributed by atoms with Gasteiger partial charge >= 0.3 is 0 Å². The molecule has 1 saturated heterocycles. The summed E-state index contributed by atoms with van der Waals surface area (Å²) in [6.07, 6.45) is 4.04. The van der Waals surface area contributed by atoms with E-state index in [2.05, 4.69) is 20.2 Å². The van der Waals surface area contributed by atoms with Crippen LogP contribution in [-0.2, 0) is 11.3 Å². The molecule has 1 fully saturated rings. The Hall–Kier alpha value is -3.50. The number of benzene rings is 1. The Kier molecular flexibility index (Phi) is 6.68. The largest absolute Gasteiger partial charge is 0.491 e. The van der Waals surface area contributed by atoms with Gasteiger partial charge in [0.2, 0.25) is 5.62 Å². The summed E-state index contributed by atoms with van der Waals surface area (Å²) < 4.78 is 19.1. The highest BCUT2D eigenvalue weighted by molar-refractivity contribution is 5.96. The average Bonchev–Trinajstić information content (AvgIpc) is 3.38. The molecule has 34 heavy (non-hydrogen) atoms. The van der Waals surface area contributed by atoms with Crippen molar-refractivity contribution in [2.45, 2.75) is 13.0 Å². The first kappa shape index (κ1) is 22.3. The topological polar surface area (TPSA) is 103 Å². The summed E-state index contributed by atoms with van der Waals surface area (Å²) in [7, 11) is 1.60. The smallest absolute Gasteiger partial charge is 0.280 e. The molecule has 10 nitrogen and oxygen atoms in total. The number of hydrogen-bond donors (Lipinski definition) is 1. The number of ether oxygens (including phenoxy) is 3. The van der Waals surface area contributed by atoms with Gasteiger partial charge in [0.15, 0.2) is 11.5 Å². The molecule has 10 heteroatoms. The van der Waals surface area contributed by atoms with Crippen molar-refractivity contribution >= 4 is 22.6 Å². The predicted octanol–water partition coefficient (Wildman–Crippen LogP) is 1.71. The molecule has 1 amide bonds. The zero-order valence-electron chi connectivity index (χ0n) is 19.2. The van der Waals surface area contributed by atoms with Crippen molar-refractivity contribution in [2.24, 2.45) is 4.99 Å². The second kappa shape index (κ2) is 10.2. The summed E-state index contributed by atoms with van der Waals surface area (Å²) in [6, 6.07) is 7.16. The lowest BCUT2D eigenvalue weighted by Crippen LogP contribution is -2.37.